The molecule has 2 fully saturated rings. The Balaban J connectivity index is 0.00000176. The molecular formula is C17H26ClN3O. The molecule has 1 unspecified atom stereocenters. The van der Waals surface area contributed by atoms with Gasteiger partial charge < -0.3 is 10.6 Å². The van der Waals surface area contributed by atoms with Gasteiger partial charge in [-0.25, -0.2) is 0 Å². The van der Waals surface area contributed by atoms with Gasteiger partial charge in [0.25, 0.3) is 0 Å². The Kier molecular flexibility index (Phi) is 5.48. The van der Waals surface area contributed by atoms with Crippen molar-refractivity contribution in [2.45, 2.75) is 26.7 Å². The summed E-state index contributed by atoms with van der Waals surface area (Å²) in [5.41, 5.74) is 3.74. The molecule has 2 aliphatic heterocycles. The first-order valence-corrected chi connectivity index (χ1v) is 7.87. The largest absolute Gasteiger partial charge is 0.325 e. The smallest absolute Gasteiger partial charge is 0.238 e. The molecule has 2 aliphatic rings. The van der Waals surface area contributed by atoms with E-state index in [1.165, 1.54) is 18.4 Å². The van der Waals surface area contributed by atoms with Crippen LogP contribution in [0.2, 0.25) is 0 Å². The predicted molar refractivity (Wildman–Crippen MR) is 92.8 cm³/mol. The molecule has 1 aromatic rings. The number of hydrogen-bond donors (Lipinski definition) is 2. The normalized spacial score (nSPS) is 24.5. The van der Waals surface area contributed by atoms with Crippen molar-refractivity contribution in [3.8, 4) is 0 Å². The van der Waals surface area contributed by atoms with Crippen molar-refractivity contribution in [3.63, 3.8) is 0 Å². The van der Waals surface area contributed by atoms with E-state index in [9.17, 15) is 4.79 Å². The molecule has 1 atom stereocenters. The molecule has 2 saturated heterocycles. The maximum atomic E-state index is 12.3. The van der Waals surface area contributed by atoms with Crippen LogP contribution in [0, 0.1) is 19.3 Å². The summed E-state index contributed by atoms with van der Waals surface area (Å²) in [6, 6.07) is 6.04. The molecule has 22 heavy (non-hydrogen) atoms. The number of amides is 1. The van der Waals surface area contributed by atoms with Crippen molar-refractivity contribution >= 4 is 24.0 Å². The van der Waals surface area contributed by atoms with Gasteiger partial charge in [-0.3, -0.25) is 9.69 Å². The minimum atomic E-state index is 0. The molecule has 2 heterocycles. The number of carbonyl (C=O) groups is 1. The number of nitrogens with zero attached hydrogens (tertiary/aromatic N) is 1. The average molecular weight is 324 g/mol. The molecule has 0 radical (unpaired) electrons. The summed E-state index contributed by atoms with van der Waals surface area (Å²) < 4.78 is 0. The molecule has 5 heteroatoms. The number of anilines is 1. The lowest BCUT2D eigenvalue weighted by atomic mass is 9.87. The molecule has 0 saturated carbocycles. The number of likely N-dealkylation sites (tertiary alicyclic amines) is 1. The van der Waals surface area contributed by atoms with Gasteiger partial charge in [-0.05, 0) is 62.4 Å². The number of nitrogens with one attached hydrogen (secondary N) is 2. The Morgan fingerprint density at radius 2 is 2.18 bits per heavy atom. The van der Waals surface area contributed by atoms with Crippen molar-refractivity contribution < 1.29 is 4.79 Å². The first-order valence-electron chi connectivity index (χ1n) is 7.87. The highest BCUT2D eigenvalue weighted by Crippen LogP contribution is 2.35. The van der Waals surface area contributed by atoms with Crippen LogP contribution in [0.4, 0.5) is 5.69 Å². The maximum absolute atomic E-state index is 12.3. The number of halogens is 1. The van der Waals surface area contributed by atoms with Crippen molar-refractivity contribution in [3.05, 3.63) is 29.3 Å². The van der Waals surface area contributed by atoms with Crippen molar-refractivity contribution in [2.24, 2.45) is 5.41 Å². The monoisotopic (exact) mass is 323 g/mol. The molecule has 122 valence electrons. The second kappa shape index (κ2) is 6.99. The maximum Gasteiger partial charge on any atom is 0.238 e. The van der Waals surface area contributed by atoms with Gasteiger partial charge in [0.05, 0.1) is 6.54 Å². The van der Waals surface area contributed by atoms with Gasteiger partial charge >= 0.3 is 0 Å². The fraction of sp³-hybridized carbons (Fsp3) is 0.588. The second-order valence-electron chi connectivity index (χ2n) is 6.68. The van der Waals surface area contributed by atoms with Crippen LogP contribution in [0.5, 0.6) is 0 Å². The third kappa shape index (κ3) is 3.62. The molecule has 0 bridgehead atoms. The van der Waals surface area contributed by atoms with Crippen LogP contribution in [0.15, 0.2) is 18.2 Å². The zero-order chi connectivity index (χ0) is 14.9. The van der Waals surface area contributed by atoms with Gasteiger partial charge in [0.2, 0.25) is 5.91 Å². The Morgan fingerprint density at radius 1 is 1.36 bits per heavy atom. The highest BCUT2D eigenvalue weighted by atomic mass is 35.5. The lowest BCUT2D eigenvalue weighted by Gasteiger charge is -2.22. The van der Waals surface area contributed by atoms with Gasteiger partial charge in [0.15, 0.2) is 0 Å². The highest BCUT2D eigenvalue weighted by Gasteiger charge is 2.40. The Labute approximate surface area is 139 Å². The molecule has 0 aromatic heterocycles. The summed E-state index contributed by atoms with van der Waals surface area (Å²) in [5, 5.41) is 6.52. The van der Waals surface area contributed by atoms with Gasteiger partial charge in [-0.2, -0.15) is 0 Å². The van der Waals surface area contributed by atoms with Crippen LogP contribution in [0.3, 0.4) is 0 Å². The summed E-state index contributed by atoms with van der Waals surface area (Å²) >= 11 is 0. The van der Waals surface area contributed by atoms with Crippen LogP contribution >= 0.6 is 12.4 Å². The third-order valence-corrected chi connectivity index (χ3v) is 5.10. The summed E-state index contributed by atoms with van der Waals surface area (Å²) in [7, 11) is 0. The van der Waals surface area contributed by atoms with Crippen LogP contribution in [0.25, 0.3) is 0 Å². The third-order valence-electron chi connectivity index (χ3n) is 5.10. The van der Waals surface area contributed by atoms with Crippen molar-refractivity contribution in [1.29, 1.82) is 0 Å². The van der Waals surface area contributed by atoms with Crippen molar-refractivity contribution in [2.75, 3.05) is 38.0 Å². The Morgan fingerprint density at radius 3 is 2.91 bits per heavy atom. The van der Waals surface area contributed by atoms with Gasteiger partial charge in [0, 0.05) is 18.8 Å². The van der Waals surface area contributed by atoms with E-state index in [4.69, 9.17) is 0 Å². The van der Waals surface area contributed by atoms with E-state index in [-0.39, 0.29) is 18.3 Å². The SMILES string of the molecule is Cc1cccc(NC(=O)CN2CCC3(CCNC3)C2)c1C.Cl. The Bertz CT molecular complexity index is 541. The van der Waals surface area contributed by atoms with Gasteiger partial charge in [-0.15, -0.1) is 12.4 Å². The van der Waals surface area contributed by atoms with Gasteiger partial charge in [0.1, 0.15) is 0 Å². The first kappa shape index (κ1) is 17.3. The number of rotatable bonds is 3. The minimum Gasteiger partial charge on any atom is -0.325 e. The first-order chi connectivity index (χ1) is 10.1. The van der Waals surface area contributed by atoms with Crippen molar-refractivity contribution in [1.82, 2.24) is 10.2 Å². The number of carbonyl (C=O) groups excluding carboxylic acids is 1. The molecule has 1 amide bonds. The number of benzene rings is 1. The molecular weight excluding hydrogens is 298 g/mol. The van der Waals surface area contributed by atoms with E-state index < -0.39 is 0 Å². The lowest BCUT2D eigenvalue weighted by molar-refractivity contribution is -0.117. The van der Waals surface area contributed by atoms with E-state index in [0.29, 0.717) is 12.0 Å². The van der Waals surface area contributed by atoms with Crippen LogP contribution in [-0.2, 0) is 4.79 Å². The molecule has 1 aromatic carbocycles. The van der Waals surface area contributed by atoms with E-state index in [1.54, 1.807) is 0 Å². The van der Waals surface area contributed by atoms with E-state index in [1.807, 2.05) is 12.1 Å². The molecule has 1 spiro atoms. The lowest BCUT2D eigenvalue weighted by Crippen LogP contribution is -2.34. The molecule has 2 N–H and O–H groups in total. The minimum absolute atomic E-state index is 0. The van der Waals surface area contributed by atoms with Crippen LogP contribution < -0.4 is 10.6 Å². The number of aryl methyl sites for hydroxylation is 1. The zero-order valence-electron chi connectivity index (χ0n) is 13.4. The van der Waals surface area contributed by atoms with Gasteiger partial charge in [-0.1, -0.05) is 12.1 Å². The zero-order valence-corrected chi connectivity index (χ0v) is 14.3. The molecule has 4 nitrogen and oxygen atoms in total. The van der Waals surface area contributed by atoms with E-state index in [2.05, 4.69) is 35.4 Å². The quantitative estimate of drug-likeness (QED) is 0.897. The Hall–Kier alpha value is -1.10. The van der Waals surface area contributed by atoms with E-state index >= 15 is 0 Å². The molecule has 3 rings (SSSR count). The summed E-state index contributed by atoms with van der Waals surface area (Å²) in [4.78, 5) is 14.6. The fourth-order valence-electron chi connectivity index (χ4n) is 3.59. The fourth-order valence-corrected chi connectivity index (χ4v) is 3.59. The summed E-state index contributed by atoms with van der Waals surface area (Å²) in [6.45, 7) is 8.98. The molecule has 0 aliphatic carbocycles. The highest BCUT2D eigenvalue weighted by molar-refractivity contribution is 5.93. The second-order valence-corrected chi connectivity index (χ2v) is 6.68. The predicted octanol–water partition coefficient (Wildman–Crippen LogP) is 2.35. The van der Waals surface area contributed by atoms with Crippen LogP contribution in [0.1, 0.15) is 24.0 Å². The van der Waals surface area contributed by atoms with Crippen LogP contribution in [-0.4, -0.2) is 43.5 Å². The topological polar surface area (TPSA) is 44.4 Å². The standard InChI is InChI=1S/C17H25N3O.ClH/c1-13-4-3-5-15(14(13)2)19-16(21)10-20-9-7-17(12-20)6-8-18-11-17;/h3-5,18H,6-12H2,1-2H3,(H,19,21);1H. The average Bonchev–Trinajstić information content (AvgIpc) is 3.06. The summed E-state index contributed by atoms with van der Waals surface area (Å²) in [5.74, 6) is 0.103. The van der Waals surface area contributed by atoms with E-state index in [0.717, 1.165) is 37.4 Å². The number of hydrogen-bond acceptors (Lipinski definition) is 3. The summed E-state index contributed by atoms with van der Waals surface area (Å²) in [6.07, 6.45) is 2.47.